The van der Waals surface area contributed by atoms with Crippen LogP contribution in [0.25, 0.3) is 0 Å². The Labute approximate surface area is 203 Å². The summed E-state index contributed by atoms with van der Waals surface area (Å²) in [6.45, 7) is 5.22. The molecule has 2 amide bonds. The SMILES string of the molecule is O=C(c1ccc(CN2C(=O)CCn3nccc32)cc1)N1CCN(Cc2ccc3c(c2)OCO3)CC1. The summed E-state index contributed by atoms with van der Waals surface area (Å²) in [5, 5.41) is 4.27. The van der Waals surface area contributed by atoms with Crippen molar-refractivity contribution >= 4 is 17.6 Å². The van der Waals surface area contributed by atoms with Crippen molar-refractivity contribution in [2.24, 2.45) is 0 Å². The van der Waals surface area contributed by atoms with E-state index in [4.69, 9.17) is 9.47 Å². The van der Waals surface area contributed by atoms with Gasteiger partial charge in [0, 0.05) is 50.8 Å². The van der Waals surface area contributed by atoms with E-state index in [1.807, 2.05) is 52.0 Å². The van der Waals surface area contributed by atoms with E-state index in [2.05, 4.69) is 16.1 Å². The third-order valence-corrected chi connectivity index (χ3v) is 6.85. The molecule has 6 rings (SSSR count). The molecule has 180 valence electrons. The Bertz CT molecular complexity index is 1250. The van der Waals surface area contributed by atoms with Crippen LogP contribution in [0.5, 0.6) is 11.5 Å². The van der Waals surface area contributed by atoms with E-state index < -0.39 is 0 Å². The number of amides is 2. The summed E-state index contributed by atoms with van der Waals surface area (Å²) >= 11 is 0. The number of ether oxygens (including phenoxy) is 2. The molecule has 1 fully saturated rings. The topological polar surface area (TPSA) is 80.1 Å². The Morgan fingerprint density at radius 3 is 2.46 bits per heavy atom. The monoisotopic (exact) mass is 473 g/mol. The fourth-order valence-electron chi connectivity index (χ4n) is 4.89. The van der Waals surface area contributed by atoms with Gasteiger partial charge in [0.2, 0.25) is 12.7 Å². The molecule has 3 aliphatic rings. The van der Waals surface area contributed by atoms with Crippen LogP contribution in [0.1, 0.15) is 27.9 Å². The van der Waals surface area contributed by atoms with Crippen LogP contribution >= 0.6 is 0 Å². The summed E-state index contributed by atoms with van der Waals surface area (Å²) in [6.07, 6.45) is 2.17. The number of hydrogen-bond donors (Lipinski definition) is 0. The zero-order valence-corrected chi connectivity index (χ0v) is 19.4. The molecule has 3 aliphatic heterocycles. The van der Waals surface area contributed by atoms with Gasteiger partial charge in [0.15, 0.2) is 11.5 Å². The van der Waals surface area contributed by atoms with Gasteiger partial charge in [-0.25, -0.2) is 4.68 Å². The van der Waals surface area contributed by atoms with Crippen molar-refractivity contribution in [2.75, 3.05) is 37.9 Å². The van der Waals surface area contributed by atoms with Crippen molar-refractivity contribution in [2.45, 2.75) is 26.1 Å². The normalized spacial score (nSPS) is 17.5. The number of carbonyl (C=O) groups excluding carboxylic acids is 2. The van der Waals surface area contributed by atoms with E-state index in [-0.39, 0.29) is 18.6 Å². The lowest BCUT2D eigenvalue weighted by atomic mass is 10.1. The number of hydrogen-bond acceptors (Lipinski definition) is 6. The first-order valence-electron chi connectivity index (χ1n) is 12.0. The lowest BCUT2D eigenvalue weighted by Crippen LogP contribution is -2.48. The third kappa shape index (κ3) is 4.35. The Kier molecular flexibility index (Phi) is 5.61. The molecule has 9 heteroatoms. The number of anilines is 1. The smallest absolute Gasteiger partial charge is 0.253 e. The quantitative estimate of drug-likeness (QED) is 0.567. The van der Waals surface area contributed by atoms with Gasteiger partial charge in [-0.05, 0) is 35.4 Å². The summed E-state index contributed by atoms with van der Waals surface area (Å²) in [6, 6.07) is 15.5. The van der Waals surface area contributed by atoms with Crippen molar-refractivity contribution in [1.29, 1.82) is 0 Å². The Balaban J connectivity index is 1.04. The van der Waals surface area contributed by atoms with Crippen LogP contribution in [0.4, 0.5) is 5.82 Å². The molecule has 0 radical (unpaired) electrons. The highest BCUT2D eigenvalue weighted by Gasteiger charge is 2.26. The summed E-state index contributed by atoms with van der Waals surface area (Å²) in [5.41, 5.74) is 2.84. The Morgan fingerprint density at radius 2 is 1.63 bits per heavy atom. The molecule has 0 atom stereocenters. The lowest BCUT2D eigenvalue weighted by Gasteiger charge is -2.35. The van der Waals surface area contributed by atoms with Gasteiger partial charge in [-0.2, -0.15) is 5.10 Å². The van der Waals surface area contributed by atoms with Crippen LogP contribution in [0.15, 0.2) is 54.7 Å². The molecule has 9 nitrogen and oxygen atoms in total. The van der Waals surface area contributed by atoms with E-state index in [0.717, 1.165) is 42.5 Å². The number of nitrogens with zero attached hydrogens (tertiary/aromatic N) is 5. The van der Waals surface area contributed by atoms with Crippen LogP contribution in [-0.4, -0.2) is 64.4 Å². The predicted octanol–water partition coefficient (Wildman–Crippen LogP) is 2.51. The van der Waals surface area contributed by atoms with Gasteiger partial charge in [0.05, 0.1) is 19.3 Å². The minimum Gasteiger partial charge on any atom is -0.454 e. The van der Waals surface area contributed by atoms with Crippen LogP contribution in [0.2, 0.25) is 0 Å². The number of rotatable bonds is 5. The van der Waals surface area contributed by atoms with Crippen LogP contribution in [0.3, 0.4) is 0 Å². The third-order valence-electron chi connectivity index (χ3n) is 6.85. The summed E-state index contributed by atoms with van der Waals surface area (Å²) < 4.78 is 12.7. The lowest BCUT2D eigenvalue weighted by molar-refractivity contribution is -0.119. The number of carbonyl (C=O) groups is 2. The number of aromatic nitrogens is 2. The summed E-state index contributed by atoms with van der Waals surface area (Å²) in [4.78, 5) is 31.5. The molecular formula is C26H27N5O4. The van der Waals surface area contributed by atoms with Crippen molar-refractivity contribution in [3.63, 3.8) is 0 Å². The highest BCUT2D eigenvalue weighted by molar-refractivity contribution is 5.95. The van der Waals surface area contributed by atoms with Gasteiger partial charge < -0.3 is 14.4 Å². The summed E-state index contributed by atoms with van der Waals surface area (Å²) in [5.74, 6) is 2.56. The molecular weight excluding hydrogens is 446 g/mol. The van der Waals surface area contributed by atoms with Crippen LogP contribution in [0, 0.1) is 0 Å². The second-order valence-electron chi connectivity index (χ2n) is 9.10. The molecule has 0 N–H and O–H groups in total. The largest absolute Gasteiger partial charge is 0.454 e. The molecule has 3 aromatic rings. The second-order valence-corrected chi connectivity index (χ2v) is 9.10. The molecule has 0 unspecified atom stereocenters. The zero-order chi connectivity index (χ0) is 23.8. The second kappa shape index (κ2) is 9.07. The average Bonchev–Trinajstić information content (AvgIpc) is 3.56. The highest BCUT2D eigenvalue weighted by atomic mass is 16.7. The standard InChI is InChI=1S/C26H27N5O4/c32-25-8-10-31-24(7-9-27-31)30(25)17-19-1-4-21(5-2-19)26(33)29-13-11-28(12-14-29)16-20-3-6-22-23(15-20)35-18-34-22/h1-7,9,15H,8,10-14,16-18H2. The maximum absolute atomic E-state index is 13.1. The van der Waals surface area contributed by atoms with Gasteiger partial charge in [-0.1, -0.05) is 18.2 Å². The molecule has 0 saturated carbocycles. The summed E-state index contributed by atoms with van der Waals surface area (Å²) in [7, 11) is 0. The number of fused-ring (bicyclic) bond motifs is 2. The van der Waals surface area contributed by atoms with Crippen LogP contribution < -0.4 is 14.4 Å². The van der Waals surface area contributed by atoms with E-state index in [9.17, 15) is 9.59 Å². The fourth-order valence-corrected chi connectivity index (χ4v) is 4.89. The van der Waals surface area contributed by atoms with E-state index in [1.165, 1.54) is 5.56 Å². The van der Waals surface area contributed by atoms with Crippen molar-refractivity contribution in [1.82, 2.24) is 19.6 Å². The maximum atomic E-state index is 13.1. The molecule has 2 aromatic carbocycles. The molecule has 0 aliphatic carbocycles. The van der Waals surface area contributed by atoms with Crippen molar-refractivity contribution in [3.8, 4) is 11.5 Å². The van der Waals surface area contributed by atoms with Crippen molar-refractivity contribution < 1.29 is 19.1 Å². The minimum absolute atomic E-state index is 0.0476. The minimum atomic E-state index is 0.0476. The van der Waals surface area contributed by atoms with Gasteiger partial charge >= 0.3 is 0 Å². The fraction of sp³-hybridized carbons (Fsp3) is 0.346. The molecule has 1 aromatic heterocycles. The average molecular weight is 474 g/mol. The molecule has 1 saturated heterocycles. The first-order valence-corrected chi connectivity index (χ1v) is 12.0. The molecule has 35 heavy (non-hydrogen) atoms. The van der Waals surface area contributed by atoms with E-state index >= 15 is 0 Å². The van der Waals surface area contributed by atoms with Crippen LogP contribution in [-0.2, 0) is 24.4 Å². The number of benzene rings is 2. The Hall–Kier alpha value is -3.85. The highest BCUT2D eigenvalue weighted by Crippen LogP contribution is 2.33. The van der Waals surface area contributed by atoms with Crippen molar-refractivity contribution in [3.05, 3.63) is 71.4 Å². The Morgan fingerprint density at radius 1 is 0.857 bits per heavy atom. The molecule has 0 bridgehead atoms. The first-order chi connectivity index (χ1) is 17.1. The van der Waals surface area contributed by atoms with Gasteiger partial charge in [0.1, 0.15) is 5.82 Å². The zero-order valence-electron chi connectivity index (χ0n) is 19.4. The number of aryl methyl sites for hydroxylation is 1. The van der Waals surface area contributed by atoms with Gasteiger partial charge in [-0.15, -0.1) is 0 Å². The maximum Gasteiger partial charge on any atom is 0.253 e. The predicted molar refractivity (Wildman–Crippen MR) is 128 cm³/mol. The van der Waals surface area contributed by atoms with E-state index in [0.29, 0.717) is 38.2 Å². The van der Waals surface area contributed by atoms with Gasteiger partial charge in [-0.3, -0.25) is 19.4 Å². The first kappa shape index (κ1) is 21.7. The van der Waals surface area contributed by atoms with Gasteiger partial charge in [0.25, 0.3) is 5.91 Å². The number of piperazine rings is 1. The molecule has 4 heterocycles. The van der Waals surface area contributed by atoms with E-state index in [1.54, 1.807) is 11.1 Å². The molecule has 0 spiro atoms.